The van der Waals surface area contributed by atoms with Crippen molar-refractivity contribution in [2.45, 2.75) is 40.0 Å². The van der Waals surface area contributed by atoms with Crippen LogP contribution >= 0.6 is 0 Å². The zero-order valence-electron chi connectivity index (χ0n) is 8.13. The van der Waals surface area contributed by atoms with Crippen LogP contribution in [0.1, 0.15) is 40.0 Å². The van der Waals surface area contributed by atoms with Crippen molar-refractivity contribution in [1.29, 1.82) is 0 Å². The highest BCUT2D eigenvalue weighted by molar-refractivity contribution is 5.68. The van der Waals surface area contributed by atoms with E-state index in [4.69, 9.17) is 5.11 Å². The van der Waals surface area contributed by atoms with Crippen molar-refractivity contribution < 1.29 is 9.90 Å². The molecule has 0 heterocycles. The first-order valence-electron chi connectivity index (χ1n) is 4.35. The maximum atomic E-state index is 10.1. The Kier molecular flexibility index (Phi) is 4.64. The molecule has 0 saturated carbocycles. The van der Waals surface area contributed by atoms with Crippen LogP contribution in [0, 0.1) is 5.41 Å². The topological polar surface area (TPSA) is 37.3 Å². The molecule has 0 aromatic heterocycles. The Bertz CT molecular complexity index is 169. The molecule has 0 bridgehead atoms. The highest BCUT2D eigenvalue weighted by atomic mass is 16.4. The smallest absolute Gasteiger partial charge is 0.307 e. The molecule has 0 radical (unpaired) electrons. The van der Waals surface area contributed by atoms with Crippen molar-refractivity contribution >= 4 is 5.97 Å². The van der Waals surface area contributed by atoms with E-state index in [1.54, 1.807) is 6.08 Å². The summed E-state index contributed by atoms with van der Waals surface area (Å²) in [6.45, 7) is 6.50. The molecule has 12 heavy (non-hydrogen) atoms. The molecule has 0 rings (SSSR count). The molecule has 2 heteroatoms. The molecule has 1 N–H and O–H groups in total. The third-order valence-electron chi connectivity index (χ3n) is 2.09. The number of carboxylic acid groups (broad SMARTS) is 1. The summed E-state index contributed by atoms with van der Waals surface area (Å²) < 4.78 is 0. The first-order valence-corrected chi connectivity index (χ1v) is 4.35. The third-order valence-corrected chi connectivity index (χ3v) is 2.09. The Morgan fingerprint density at radius 3 is 2.42 bits per heavy atom. The van der Waals surface area contributed by atoms with Crippen LogP contribution in [0.25, 0.3) is 0 Å². The lowest BCUT2D eigenvalue weighted by molar-refractivity contribution is -0.136. The summed E-state index contributed by atoms with van der Waals surface area (Å²) in [6.07, 6.45) is 5.89. The van der Waals surface area contributed by atoms with Crippen LogP contribution in [0.3, 0.4) is 0 Å². The van der Waals surface area contributed by atoms with E-state index in [1.165, 1.54) is 0 Å². The fraction of sp³-hybridized carbons (Fsp3) is 0.700. The zero-order valence-corrected chi connectivity index (χ0v) is 8.13. The number of carbonyl (C=O) groups is 1. The van der Waals surface area contributed by atoms with Gasteiger partial charge in [0.2, 0.25) is 0 Å². The number of carboxylic acids is 1. The van der Waals surface area contributed by atoms with Gasteiger partial charge < -0.3 is 5.11 Å². The molecular formula is C10H18O2. The molecule has 0 aromatic rings. The third kappa shape index (κ3) is 5.96. The van der Waals surface area contributed by atoms with E-state index in [0.717, 1.165) is 12.8 Å². The lowest BCUT2D eigenvalue weighted by Gasteiger charge is -2.19. The quantitative estimate of drug-likeness (QED) is 0.644. The van der Waals surface area contributed by atoms with E-state index in [2.05, 4.69) is 20.8 Å². The molecule has 0 spiro atoms. The van der Waals surface area contributed by atoms with Crippen LogP contribution in [-0.2, 0) is 4.79 Å². The molecular weight excluding hydrogens is 152 g/mol. The molecule has 70 valence electrons. The van der Waals surface area contributed by atoms with Gasteiger partial charge in [-0.1, -0.05) is 39.3 Å². The minimum Gasteiger partial charge on any atom is -0.481 e. The SMILES string of the molecule is CCC(C)(C)CC=CCC(=O)O. The van der Waals surface area contributed by atoms with Crippen LogP contribution in [0.15, 0.2) is 12.2 Å². The molecule has 0 saturated heterocycles. The van der Waals surface area contributed by atoms with Crippen molar-refractivity contribution in [1.82, 2.24) is 0 Å². The van der Waals surface area contributed by atoms with Crippen LogP contribution in [0.2, 0.25) is 0 Å². The van der Waals surface area contributed by atoms with Crippen LogP contribution in [0.5, 0.6) is 0 Å². The molecule has 0 aliphatic heterocycles. The lowest BCUT2D eigenvalue weighted by Crippen LogP contribution is -2.07. The average Bonchev–Trinajstić information content (AvgIpc) is 1.98. The predicted octanol–water partition coefficient (Wildman–Crippen LogP) is 2.84. The molecule has 0 aliphatic rings. The van der Waals surface area contributed by atoms with Gasteiger partial charge in [0.25, 0.3) is 0 Å². The summed E-state index contributed by atoms with van der Waals surface area (Å²) in [5.74, 6) is -0.763. The second-order valence-electron chi connectivity index (χ2n) is 3.79. The Balaban J connectivity index is 3.67. The fourth-order valence-electron chi connectivity index (χ4n) is 0.731. The molecule has 0 atom stereocenters. The summed E-state index contributed by atoms with van der Waals surface area (Å²) in [5, 5.41) is 8.35. The van der Waals surface area contributed by atoms with Gasteiger partial charge in [0.15, 0.2) is 0 Å². The average molecular weight is 170 g/mol. The summed E-state index contributed by atoms with van der Waals surface area (Å²) >= 11 is 0. The zero-order chi connectivity index (χ0) is 9.61. The lowest BCUT2D eigenvalue weighted by atomic mass is 9.86. The maximum absolute atomic E-state index is 10.1. The number of allylic oxidation sites excluding steroid dienone is 1. The standard InChI is InChI=1S/C10H18O2/c1-4-10(2,3)8-6-5-7-9(11)12/h5-6H,4,7-8H2,1-3H3,(H,11,12). The first-order chi connectivity index (χ1) is 5.48. The van der Waals surface area contributed by atoms with E-state index in [0.29, 0.717) is 5.41 Å². The van der Waals surface area contributed by atoms with E-state index in [1.807, 2.05) is 6.08 Å². The van der Waals surface area contributed by atoms with Gasteiger partial charge in [-0.25, -0.2) is 0 Å². The van der Waals surface area contributed by atoms with Crippen molar-refractivity contribution in [2.24, 2.45) is 5.41 Å². The largest absolute Gasteiger partial charge is 0.481 e. The second kappa shape index (κ2) is 4.96. The molecule has 0 amide bonds. The van der Waals surface area contributed by atoms with Gasteiger partial charge in [-0.05, 0) is 11.8 Å². The Morgan fingerprint density at radius 1 is 1.42 bits per heavy atom. The molecule has 0 unspecified atom stereocenters. The summed E-state index contributed by atoms with van der Waals surface area (Å²) in [4.78, 5) is 10.1. The monoisotopic (exact) mass is 170 g/mol. The van der Waals surface area contributed by atoms with Crippen LogP contribution < -0.4 is 0 Å². The number of rotatable bonds is 5. The van der Waals surface area contributed by atoms with Gasteiger partial charge in [-0.2, -0.15) is 0 Å². The van der Waals surface area contributed by atoms with Gasteiger partial charge in [0.1, 0.15) is 0 Å². The van der Waals surface area contributed by atoms with Crippen LogP contribution in [0.4, 0.5) is 0 Å². The number of hydrogen-bond donors (Lipinski definition) is 1. The Labute approximate surface area is 74.3 Å². The minimum atomic E-state index is -0.763. The van der Waals surface area contributed by atoms with Gasteiger partial charge in [0, 0.05) is 0 Å². The normalized spacial score (nSPS) is 12.2. The summed E-state index contributed by atoms with van der Waals surface area (Å²) in [7, 11) is 0. The van der Waals surface area contributed by atoms with Gasteiger partial charge in [0.05, 0.1) is 6.42 Å². The van der Waals surface area contributed by atoms with Gasteiger partial charge in [-0.15, -0.1) is 0 Å². The second-order valence-corrected chi connectivity index (χ2v) is 3.79. The van der Waals surface area contributed by atoms with E-state index < -0.39 is 5.97 Å². The molecule has 0 aliphatic carbocycles. The number of hydrogen-bond acceptors (Lipinski definition) is 1. The minimum absolute atomic E-state index is 0.139. The van der Waals surface area contributed by atoms with Crippen molar-refractivity contribution in [3.05, 3.63) is 12.2 Å². The van der Waals surface area contributed by atoms with Gasteiger partial charge in [-0.3, -0.25) is 4.79 Å². The predicted molar refractivity (Wildman–Crippen MR) is 50.1 cm³/mol. The van der Waals surface area contributed by atoms with E-state index >= 15 is 0 Å². The first kappa shape index (κ1) is 11.2. The highest BCUT2D eigenvalue weighted by Crippen LogP contribution is 2.24. The van der Waals surface area contributed by atoms with Crippen LogP contribution in [-0.4, -0.2) is 11.1 Å². The maximum Gasteiger partial charge on any atom is 0.307 e. The molecule has 0 fully saturated rings. The van der Waals surface area contributed by atoms with E-state index in [-0.39, 0.29) is 6.42 Å². The molecule has 0 aromatic carbocycles. The van der Waals surface area contributed by atoms with Crippen molar-refractivity contribution in [3.8, 4) is 0 Å². The summed E-state index contributed by atoms with van der Waals surface area (Å²) in [6, 6.07) is 0. The molecule has 2 nitrogen and oxygen atoms in total. The number of aliphatic carboxylic acids is 1. The van der Waals surface area contributed by atoms with Crippen molar-refractivity contribution in [3.63, 3.8) is 0 Å². The highest BCUT2D eigenvalue weighted by Gasteiger charge is 2.11. The van der Waals surface area contributed by atoms with E-state index in [9.17, 15) is 4.79 Å². The summed E-state index contributed by atoms with van der Waals surface area (Å²) in [5.41, 5.74) is 0.301. The Morgan fingerprint density at radius 2 is 2.00 bits per heavy atom. The Hall–Kier alpha value is -0.790. The van der Waals surface area contributed by atoms with Crippen molar-refractivity contribution in [2.75, 3.05) is 0 Å². The van der Waals surface area contributed by atoms with Gasteiger partial charge >= 0.3 is 5.97 Å². The fourth-order valence-corrected chi connectivity index (χ4v) is 0.731.